The van der Waals surface area contributed by atoms with E-state index in [0.717, 1.165) is 5.69 Å². The lowest BCUT2D eigenvalue weighted by Crippen LogP contribution is -2.27. The molecule has 1 aromatic carbocycles. The number of carbonyl (C=O) groups is 1. The van der Waals surface area contributed by atoms with Gasteiger partial charge in [-0.1, -0.05) is 12.1 Å². The summed E-state index contributed by atoms with van der Waals surface area (Å²) >= 11 is 5.87. The second-order valence-corrected chi connectivity index (χ2v) is 3.56. The standard InChI is InChI=1S/C10H9ClN2O/c1-6-9(11)10(14)13-8-5-3-2-4-7(8)12-6/h2-5,9H,1H3,(H,13,14). The largest absolute Gasteiger partial charge is 0.323 e. The van der Waals surface area contributed by atoms with E-state index >= 15 is 0 Å². The van der Waals surface area contributed by atoms with E-state index in [1.165, 1.54) is 0 Å². The Morgan fingerprint density at radius 1 is 1.43 bits per heavy atom. The molecule has 0 aliphatic carbocycles. The summed E-state index contributed by atoms with van der Waals surface area (Å²) in [6, 6.07) is 7.36. The Balaban J connectivity index is 2.53. The van der Waals surface area contributed by atoms with Gasteiger partial charge in [-0.05, 0) is 19.1 Å². The van der Waals surface area contributed by atoms with Crippen LogP contribution in [0.5, 0.6) is 0 Å². The predicted molar refractivity (Wildman–Crippen MR) is 57.5 cm³/mol. The molecule has 4 heteroatoms. The van der Waals surface area contributed by atoms with Gasteiger partial charge in [0.2, 0.25) is 5.91 Å². The number of carbonyl (C=O) groups excluding carboxylic acids is 1. The van der Waals surface area contributed by atoms with Gasteiger partial charge in [-0.25, -0.2) is 0 Å². The van der Waals surface area contributed by atoms with E-state index in [0.29, 0.717) is 11.4 Å². The molecule has 1 atom stereocenters. The van der Waals surface area contributed by atoms with E-state index < -0.39 is 5.38 Å². The summed E-state index contributed by atoms with van der Waals surface area (Å²) in [5.74, 6) is -0.224. The fraction of sp³-hybridized carbons (Fsp3) is 0.200. The van der Waals surface area contributed by atoms with E-state index in [1.807, 2.05) is 18.2 Å². The average Bonchev–Trinajstić information content (AvgIpc) is 2.28. The number of alkyl halides is 1. The van der Waals surface area contributed by atoms with Crippen LogP contribution in [0.2, 0.25) is 0 Å². The number of aliphatic imine (C=N–C) groups is 1. The van der Waals surface area contributed by atoms with Crippen molar-refractivity contribution in [1.29, 1.82) is 0 Å². The number of benzene rings is 1. The SMILES string of the molecule is CC1=Nc2ccccc2NC(=O)C1Cl. The first-order valence-electron chi connectivity index (χ1n) is 4.27. The van der Waals surface area contributed by atoms with Crippen LogP contribution in [0.25, 0.3) is 0 Å². The van der Waals surface area contributed by atoms with Crippen LogP contribution in [-0.2, 0) is 4.79 Å². The van der Waals surface area contributed by atoms with Gasteiger partial charge in [0.15, 0.2) is 5.38 Å². The van der Waals surface area contributed by atoms with E-state index in [1.54, 1.807) is 13.0 Å². The van der Waals surface area contributed by atoms with Crippen LogP contribution < -0.4 is 5.32 Å². The summed E-state index contributed by atoms with van der Waals surface area (Å²) in [4.78, 5) is 15.7. The zero-order chi connectivity index (χ0) is 10.1. The molecule has 0 fully saturated rings. The Morgan fingerprint density at radius 2 is 2.14 bits per heavy atom. The fourth-order valence-electron chi connectivity index (χ4n) is 1.31. The minimum Gasteiger partial charge on any atom is -0.323 e. The average molecular weight is 209 g/mol. The second-order valence-electron chi connectivity index (χ2n) is 3.12. The Bertz CT molecular complexity index is 414. The maximum atomic E-state index is 11.5. The van der Waals surface area contributed by atoms with Gasteiger partial charge < -0.3 is 5.32 Å². The van der Waals surface area contributed by atoms with Gasteiger partial charge in [-0.2, -0.15) is 0 Å². The van der Waals surface area contributed by atoms with E-state index in [-0.39, 0.29) is 5.91 Å². The fourth-order valence-corrected chi connectivity index (χ4v) is 1.41. The van der Waals surface area contributed by atoms with Gasteiger partial charge >= 0.3 is 0 Å². The molecule has 1 amide bonds. The van der Waals surface area contributed by atoms with Gasteiger partial charge in [0, 0.05) is 5.71 Å². The summed E-state index contributed by atoms with van der Waals surface area (Å²) in [5.41, 5.74) is 2.08. The van der Waals surface area contributed by atoms with Crippen molar-refractivity contribution in [3.8, 4) is 0 Å². The lowest BCUT2D eigenvalue weighted by molar-refractivity contribution is -0.114. The number of rotatable bonds is 0. The third-order valence-electron chi connectivity index (χ3n) is 2.06. The first-order chi connectivity index (χ1) is 6.68. The van der Waals surface area contributed by atoms with Gasteiger partial charge in [-0.3, -0.25) is 9.79 Å². The molecule has 14 heavy (non-hydrogen) atoms. The molecule has 1 heterocycles. The summed E-state index contributed by atoms with van der Waals surface area (Å²) in [7, 11) is 0. The lowest BCUT2D eigenvalue weighted by atomic mass is 10.3. The molecule has 1 aromatic rings. The number of fused-ring (bicyclic) bond motifs is 1. The summed E-state index contributed by atoms with van der Waals surface area (Å²) in [6.45, 7) is 1.75. The molecule has 1 aliphatic heterocycles. The molecule has 2 rings (SSSR count). The van der Waals surface area contributed by atoms with Gasteiger partial charge in [-0.15, -0.1) is 11.6 Å². The topological polar surface area (TPSA) is 41.5 Å². The molecule has 0 radical (unpaired) electrons. The molecule has 1 unspecified atom stereocenters. The Morgan fingerprint density at radius 3 is 2.93 bits per heavy atom. The molecule has 0 saturated carbocycles. The summed E-state index contributed by atoms with van der Waals surface area (Å²) < 4.78 is 0. The van der Waals surface area contributed by atoms with Gasteiger partial charge in [0.05, 0.1) is 11.4 Å². The van der Waals surface area contributed by atoms with Gasteiger partial charge in [0.1, 0.15) is 0 Å². The molecule has 1 aliphatic rings. The van der Waals surface area contributed by atoms with E-state index in [4.69, 9.17) is 11.6 Å². The molecule has 0 aromatic heterocycles. The molecule has 1 N–H and O–H groups in total. The second kappa shape index (κ2) is 3.42. The number of halogens is 1. The third-order valence-corrected chi connectivity index (χ3v) is 2.57. The summed E-state index contributed by atoms with van der Waals surface area (Å²) in [5, 5.41) is 2.04. The maximum absolute atomic E-state index is 11.5. The molecule has 0 spiro atoms. The van der Waals surface area contributed by atoms with Gasteiger partial charge in [0.25, 0.3) is 0 Å². The van der Waals surface area contributed by atoms with Crippen LogP contribution in [-0.4, -0.2) is 17.0 Å². The van der Waals surface area contributed by atoms with Crippen molar-refractivity contribution in [3.05, 3.63) is 24.3 Å². The highest BCUT2D eigenvalue weighted by Gasteiger charge is 2.22. The minimum absolute atomic E-state index is 0.224. The number of anilines is 1. The van der Waals surface area contributed by atoms with Crippen LogP contribution in [0, 0.1) is 0 Å². The number of nitrogens with zero attached hydrogens (tertiary/aromatic N) is 1. The van der Waals surface area contributed by atoms with E-state index in [9.17, 15) is 4.79 Å². The Labute approximate surface area is 86.8 Å². The van der Waals surface area contributed by atoms with Crippen molar-refractivity contribution in [2.45, 2.75) is 12.3 Å². The molecule has 0 saturated heterocycles. The molecule has 0 bridgehead atoms. The molecular weight excluding hydrogens is 200 g/mol. The van der Waals surface area contributed by atoms with Crippen LogP contribution >= 0.6 is 11.6 Å². The maximum Gasteiger partial charge on any atom is 0.248 e. The van der Waals surface area contributed by atoms with Crippen LogP contribution in [0.15, 0.2) is 29.3 Å². The third kappa shape index (κ3) is 1.51. The van der Waals surface area contributed by atoms with Crippen molar-refractivity contribution >= 4 is 34.6 Å². The Hall–Kier alpha value is -1.35. The Kier molecular flexibility index (Phi) is 2.25. The number of amides is 1. The smallest absolute Gasteiger partial charge is 0.248 e. The number of hydrogen-bond donors (Lipinski definition) is 1. The summed E-state index contributed by atoms with van der Waals surface area (Å²) in [6.07, 6.45) is 0. The monoisotopic (exact) mass is 208 g/mol. The molecular formula is C10H9ClN2O. The first-order valence-corrected chi connectivity index (χ1v) is 4.71. The zero-order valence-electron chi connectivity index (χ0n) is 7.62. The lowest BCUT2D eigenvalue weighted by Gasteiger charge is -2.05. The zero-order valence-corrected chi connectivity index (χ0v) is 8.38. The van der Waals surface area contributed by atoms with Crippen molar-refractivity contribution in [2.24, 2.45) is 4.99 Å². The van der Waals surface area contributed by atoms with Crippen LogP contribution in [0.4, 0.5) is 11.4 Å². The highest BCUT2D eigenvalue weighted by molar-refractivity contribution is 6.44. The van der Waals surface area contributed by atoms with Crippen molar-refractivity contribution in [3.63, 3.8) is 0 Å². The number of nitrogens with one attached hydrogen (secondary N) is 1. The highest BCUT2D eigenvalue weighted by atomic mass is 35.5. The highest BCUT2D eigenvalue weighted by Crippen LogP contribution is 2.28. The molecule has 72 valence electrons. The number of hydrogen-bond acceptors (Lipinski definition) is 2. The first kappa shape index (κ1) is 9.21. The van der Waals surface area contributed by atoms with E-state index in [2.05, 4.69) is 10.3 Å². The van der Waals surface area contributed by atoms with Crippen LogP contribution in [0.3, 0.4) is 0 Å². The number of para-hydroxylation sites is 2. The normalized spacial score (nSPS) is 20.6. The minimum atomic E-state index is -0.678. The van der Waals surface area contributed by atoms with Crippen molar-refractivity contribution in [1.82, 2.24) is 0 Å². The van der Waals surface area contributed by atoms with Crippen molar-refractivity contribution < 1.29 is 4.79 Å². The van der Waals surface area contributed by atoms with Crippen molar-refractivity contribution in [2.75, 3.05) is 5.32 Å². The quantitative estimate of drug-likeness (QED) is 0.654. The van der Waals surface area contributed by atoms with Crippen LogP contribution in [0.1, 0.15) is 6.92 Å². The molecule has 3 nitrogen and oxygen atoms in total. The predicted octanol–water partition coefficient (Wildman–Crippen LogP) is 2.34.